The van der Waals surface area contributed by atoms with Gasteiger partial charge in [-0.05, 0) is 104 Å². The number of hydrogen-bond acceptors (Lipinski definition) is 1. The molecule has 8 aromatic carbocycles. The molecule has 0 saturated heterocycles. The number of fused-ring (bicyclic) bond motifs is 1. The second-order valence-corrected chi connectivity index (χ2v) is 11.8. The van der Waals surface area contributed by atoms with E-state index in [1.165, 1.54) is 55.3 Å². The SMILES string of the molecule is c1ccc(-c2cc(-c3ccccc3)cc(N(c3ccccc3)c3cccc(-c4cccc(-c5cccc6ccccc56)c4)c3)c2)cc1. The van der Waals surface area contributed by atoms with Crippen molar-refractivity contribution in [3.63, 3.8) is 0 Å². The lowest BCUT2D eigenvalue weighted by molar-refractivity contribution is 1.28. The summed E-state index contributed by atoms with van der Waals surface area (Å²) in [6.45, 7) is 0. The van der Waals surface area contributed by atoms with Gasteiger partial charge < -0.3 is 4.90 Å². The first kappa shape index (κ1) is 28.3. The Morgan fingerprint density at radius 2 is 0.702 bits per heavy atom. The molecule has 0 radical (unpaired) electrons. The average molecular weight is 600 g/mol. The number of hydrogen-bond donors (Lipinski definition) is 0. The first-order valence-electron chi connectivity index (χ1n) is 16.1. The number of benzene rings is 8. The van der Waals surface area contributed by atoms with Gasteiger partial charge in [0, 0.05) is 17.1 Å². The van der Waals surface area contributed by atoms with Gasteiger partial charge in [-0.15, -0.1) is 0 Å². The van der Waals surface area contributed by atoms with Gasteiger partial charge in [-0.1, -0.05) is 152 Å². The van der Waals surface area contributed by atoms with E-state index in [2.05, 4.69) is 205 Å². The summed E-state index contributed by atoms with van der Waals surface area (Å²) in [4.78, 5) is 2.37. The molecular weight excluding hydrogens is 567 g/mol. The van der Waals surface area contributed by atoms with Gasteiger partial charge in [0.15, 0.2) is 0 Å². The highest BCUT2D eigenvalue weighted by Gasteiger charge is 2.16. The van der Waals surface area contributed by atoms with Crippen LogP contribution in [0.4, 0.5) is 17.1 Å². The van der Waals surface area contributed by atoms with Crippen molar-refractivity contribution in [1.29, 1.82) is 0 Å². The van der Waals surface area contributed by atoms with Crippen molar-refractivity contribution in [2.75, 3.05) is 4.90 Å². The van der Waals surface area contributed by atoms with Crippen molar-refractivity contribution in [1.82, 2.24) is 0 Å². The molecule has 0 amide bonds. The molecule has 0 N–H and O–H groups in total. The Bertz CT molecular complexity index is 2230. The van der Waals surface area contributed by atoms with Gasteiger partial charge in [0.05, 0.1) is 0 Å². The Labute approximate surface area is 276 Å². The van der Waals surface area contributed by atoms with E-state index in [1.54, 1.807) is 0 Å². The van der Waals surface area contributed by atoms with E-state index >= 15 is 0 Å². The van der Waals surface area contributed by atoms with Gasteiger partial charge in [0.25, 0.3) is 0 Å². The molecule has 0 aliphatic carbocycles. The third kappa shape index (κ3) is 5.83. The molecule has 0 heterocycles. The fourth-order valence-electron chi connectivity index (χ4n) is 6.53. The molecule has 0 bridgehead atoms. The third-order valence-corrected chi connectivity index (χ3v) is 8.81. The molecular formula is C46H33N. The molecule has 0 atom stereocenters. The minimum Gasteiger partial charge on any atom is -0.310 e. The number of para-hydroxylation sites is 1. The summed E-state index contributed by atoms with van der Waals surface area (Å²) in [5.74, 6) is 0. The van der Waals surface area contributed by atoms with E-state index < -0.39 is 0 Å². The normalized spacial score (nSPS) is 11.0. The Hall–Kier alpha value is -6.18. The van der Waals surface area contributed by atoms with Gasteiger partial charge in [0.2, 0.25) is 0 Å². The van der Waals surface area contributed by atoms with Crippen LogP contribution in [0.15, 0.2) is 200 Å². The molecule has 47 heavy (non-hydrogen) atoms. The summed E-state index contributed by atoms with van der Waals surface area (Å²) >= 11 is 0. The fourth-order valence-corrected chi connectivity index (χ4v) is 6.53. The number of rotatable bonds is 7. The van der Waals surface area contributed by atoms with E-state index in [0.29, 0.717) is 0 Å². The molecule has 0 aliphatic rings. The summed E-state index contributed by atoms with van der Waals surface area (Å²) in [5.41, 5.74) is 12.9. The van der Waals surface area contributed by atoms with Gasteiger partial charge in [-0.25, -0.2) is 0 Å². The predicted molar refractivity (Wildman–Crippen MR) is 200 cm³/mol. The fraction of sp³-hybridized carbons (Fsp3) is 0. The molecule has 222 valence electrons. The van der Waals surface area contributed by atoms with Crippen LogP contribution >= 0.6 is 0 Å². The highest BCUT2D eigenvalue weighted by molar-refractivity contribution is 5.97. The number of nitrogens with zero attached hydrogens (tertiary/aromatic N) is 1. The van der Waals surface area contributed by atoms with E-state index in [1.807, 2.05) is 0 Å². The van der Waals surface area contributed by atoms with Crippen molar-refractivity contribution in [3.05, 3.63) is 200 Å². The summed E-state index contributed by atoms with van der Waals surface area (Å²) < 4.78 is 0. The smallest absolute Gasteiger partial charge is 0.0473 e. The molecule has 1 nitrogen and oxygen atoms in total. The topological polar surface area (TPSA) is 3.24 Å². The second kappa shape index (κ2) is 12.7. The van der Waals surface area contributed by atoms with Crippen molar-refractivity contribution >= 4 is 27.8 Å². The number of anilines is 3. The van der Waals surface area contributed by atoms with Crippen molar-refractivity contribution < 1.29 is 0 Å². The zero-order valence-electron chi connectivity index (χ0n) is 26.0. The van der Waals surface area contributed by atoms with E-state index in [0.717, 1.165) is 17.1 Å². The summed E-state index contributed by atoms with van der Waals surface area (Å²) in [6.07, 6.45) is 0. The highest BCUT2D eigenvalue weighted by atomic mass is 15.1. The van der Waals surface area contributed by atoms with Crippen molar-refractivity contribution in [2.24, 2.45) is 0 Å². The molecule has 0 saturated carbocycles. The maximum atomic E-state index is 2.37. The van der Waals surface area contributed by atoms with Crippen molar-refractivity contribution in [3.8, 4) is 44.5 Å². The predicted octanol–water partition coefficient (Wildman–Crippen LogP) is 13.0. The van der Waals surface area contributed by atoms with Gasteiger partial charge in [-0.2, -0.15) is 0 Å². The summed E-state index contributed by atoms with van der Waals surface area (Å²) in [6, 6.07) is 71.9. The van der Waals surface area contributed by atoms with Crippen LogP contribution in [0, 0.1) is 0 Å². The van der Waals surface area contributed by atoms with E-state index in [4.69, 9.17) is 0 Å². The van der Waals surface area contributed by atoms with Gasteiger partial charge in [0.1, 0.15) is 0 Å². The first-order chi connectivity index (χ1) is 23.3. The largest absolute Gasteiger partial charge is 0.310 e. The van der Waals surface area contributed by atoms with Crippen LogP contribution in [0.2, 0.25) is 0 Å². The van der Waals surface area contributed by atoms with Gasteiger partial charge in [-0.3, -0.25) is 0 Å². The van der Waals surface area contributed by atoms with Crippen LogP contribution in [0.3, 0.4) is 0 Å². The minimum atomic E-state index is 1.11. The molecule has 0 aromatic heterocycles. The average Bonchev–Trinajstić information content (AvgIpc) is 3.16. The summed E-state index contributed by atoms with van der Waals surface area (Å²) in [5, 5.41) is 2.52. The van der Waals surface area contributed by atoms with Crippen LogP contribution < -0.4 is 4.90 Å². The Balaban J connectivity index is 1.27. The van der Waals surface area contributed by atoms with Crippen LogP contribution in [-0.4, -0.2) is 0 Å². The monoisotopic (exact) mass is 599 g/mol. The van der Waals surface area contributed by atoms with Crippen LogP contribution in [0.25, 0.3) is 55.3 Å². The zero-order valence-corrected chi connectivity index (χ0v) is 26.0. The van der Waals surface area contributed by atoms with Crippen LogP contribution in [-0.2, 0) is 0 Å². The Morgan fingerprint density at radius 1 is 0.255 bits per heavy atom. The molecule has 0 spiro atoms. The lowest BCUT2D eigenvalue weighted by Gasteiger charge is -2.27. The Morgan fingerprint density at radius 3 is 1.40 bits per heavy atom. The molecule has 0 unspecified atom stereocenters. The van der Waals surface area contributed by atoms with Crippen molar-refractivity contribution in [2.45, 2.75) is 0 Å². The van der Waals surface area contributed by atoms with Crippen LogP contribution in [0.1, 0.15) is 0 Å². The first-order valence-corrected chi connectivity index (χ1v) is 16.1. The highest BCUT2D eigenvalue weighted by Crippen LogP contribution is 2.41. The maximum absolute atomic E-state index is 2.37. The lowest BCUT2D eigenvalue weighted by Crippen LogP contribution is -2.10. The zero-order chi connectivity index (χ0) is 31.4. The second-order valence-electron chi connectivity index (χ2n) is 11.8. The molecule has 8 rings (SSSR count). The minimum absolute atomic E-state index is 1.11. The van der Waals surface area contributed by atoms with E-state index in [-0.39, 0.29) is 0 Å². The molecule has 0 aliphatic heterocycles. The Kier molecular flexibility index (Phi) is 7.63. The maximum Gasteiger partial charge on any atom is 0.0473 e. The van der Waals surface area contributed by atoms with E-state index in [9.17, 15) is 0 Å². The third-order valence-electron chi connectivity index (χ3n) is 8.81. The summed E-state index contributed by atoms with van der Waals surface area (Å²) in [7, 11) is 0. The lowest BCUT2D eigenvalue weighted by atomic mass is 9.95. The van der Waals surface area contributed by atoms with Gasteiger partial charge >= 0.3 is 0 Å². The molecule has 0 fully saturated rings. The molecule has 1 heteroatoms. The van der Waals surface area contributed by atoms with Crippen LogP contribution in [0.5, 0.6) is 0 Å². The standard InChI is InChI=1S/C46H33N/c1-4-15-34(16-5-1)40-30-41(35-17-6-2-7-18-35)33-44(32-40)47(42-24-8-3-9-25-42)43-26-13-22-38(31-43)37-21-12-23-39(29-37)46-28-14-20-36-19-10-11-27-45(36)46/h1-33H. The molecule has 8 aromatic rings. The quantitative estimate of drug-likeness (QED) is 0.176.